The molecule has 0 spiro atoms. The molecule has 0 atom stereocenters. The highest BCUT2D eigenvalue weighted by atomic mass is 19.1. The van der Waals surface area contributed by atoms with Gasteiger partial charge in [0.1, 0.15) is 5.82 Å². The highest BCUT2D eigenvalue weighted by Crippen LogP contribution is 2.19. The zero-order chi connectivity index (χ0) is 14.0. The van der Waals surface area contributed by atoms with E-state index in [1.807, 2.05) is 0 Å². The normalized spacial score (nSPS) is 10.2. The Kier molecular flexibility index (Phi) is 3.24. The Bertz CT molecular complexity index is 652. The molecule has 0 radical (unpaired) electrons. The van der Waals surface area contributed by atoms with Crippen molar-refractivity contribution in [2.75, 3.05) is 0 Å². The second-order valence-corrected chi connectivity index (χ2v) is 3.71. The van der Waals surface area contributed by atoms with Crippen LogP contribution in [-0.4, -0.2) is 27.1 Å². The summed E-state index contributed by atoms with van der Waals surface area (Å²) < 4.78 is 12.8. The molecule has 1 aromatic carbocycles. The molecule has 0 aliphatic rings. The van der Waals surface area contributed by atoms with Crippen LogP contribution in [0.25, 0.3) is 11.3 Å². The summed E-state index contributed by atoms with van der Waals surface area (Å²) in [5.74, 6) is -3.22. The maximum absolute atomic E-state index is 12.8. The standard InChI is InChI=1S/C13H8FNO4/c14-8-3-1-7(2-4-8)10-6-5-9(12(16)17)11(15-10)13(18)19/h1-6H,(H,16,17)(H,18,19). The second-order valence-electron chi connectivity index (χ2n) is 3.71. The summed E-state index contributed by atoms with van der Waals surface area (Å²) >= 11 is 0. The van der Waals surface area contributed by atoms with Gasteiger partial charge in [-0.15, -0.1) is 0 Å². The van der Waals surface area contributed by atoms with Gasteiger partial charge in [-0.05, 0) is 36.4 Å². The summed E-state index contributed by atoms with van der Waals surface area (Å²) in [6.07, 6.45) is 0. The van der Waals surface area contributed by atoms with E-state index in [-0.39, 0.29) is 5.69 Å². The van der Waals surface area contributed by atoms with Crippen LogP contribution in [0.15, 0.2) is 36.4 Å². The summed E-state index contributed by atoms with van der Waals surface area (Å²) in [4.78, 5) is 25.6. The molecule has 19 heavy (non-hydrogen) atoms. The Morgan fingerprint density at radius 1 is 0.947 bits per heavy atom. The molecule has 0 saturated heterocycles. The number of aromatic nitrogens is 1. The van der Waals surface area contributed by atoms with E-state index in [4.69, 9.17) is 10.2 Å². The number of rotatable bonds is 3. The highest BCUT2D eigenvalue weighted by molar-refractivity contribution is 6.00. The fourth-order valence-electron chi connectivity index (χ4n) is 1.58. The van der Waals surface area contributed by atoms with Crippen LogP contribution in [0.5, 0.6) is 0 Å². The predicted molar refractivity (Wildman–Crippen MR) is 63.5 cm³/mol. The highest BCUT2D eigenvalue weighted by Gasteiger charge is 2.18. The van der Waals surface area contributed by atoms with Crippen molar-refractivity contribution in [2.45, 2.75) is 0 Å². The number of carboxylic acids is 2. The average molecular weight is 261 g/mol. The topological polar surface area (TPSA) is 87.5 Å². The van der Waals surface area contributed by atoms with Gasteiger partial charge >= 0.3 is 11.9 Å². The molecule has 96 valence electrons. The Morgan fingerprint density at radius 2 is 1.58 bits per heavy atom. The predicted octanol–water partition coefficient (Wildman–Crippen LogP) is 2.28. The lowest BCUT2D eigenvalue weighted by atomic mass is 10.1. The first kappa shape index (κ1) is 12.7. The molecule has 0 amide bonds. The zero-order valence-electron chi connectivity index (χ0n) is 9.50. The van der Waals surface area contributed by atoms with E-state index < -0.39 is 29.0 Å². The van der Waals surface area contributed by atoms with Crippen LogP contribution in [0.3, 0.4) is 0 Å². The summed E-state index contributed by atoms with van der Waals surface area (Å²) in [6.45, 7) is 0. The van der Waals surface area contributed by atoms with Gasteiger partial charge in [0.05, 0.1) is 11.3 Å². The maximum atomic E-state index is 12.8. The number of nitrogens with zero attached hydrogens (tertiary/aromatic N) is 1. The molecular formula is C13H8FNO4. The number of hydrogen-bond acceptors (Lipinski definition) is 3. The van der Waals surface area contributed by atoms with Gasteiger partial charge in [-0.25, -0.2) is 19.0 Å². The van der Waals surface area contributed by atoms with Crippen LogP contribution in [0.4, 0.5) is 4.39 Å². The van der Waals surface area contributed by atoms with E-state index in [0.717, 1.165) is 6.07 Å². The number of halogens is 1. The van der Waals surface area contributed by atoms with E-state index in [2.05, 4.69) is 4.98 Å². The van der Waals surface area contributed by atoms with Gasteiger partial charge in [0.15, 0.2) is 5.69 Å². The van der Waals surface area contributed by atoms with Crippen molar-refractivity contribution < 1.29 is 24.2 Å². The van der Waals surface area contributed by atoms with E-state index in [9.17, 15) is 14.0 Å². The van der Waals surface area contributed by atoms with Crippen molar-refractivity contribution in [3.05, 3.63) is 53.5 Å². The molecule has 0 saturated carbocycles. The van der Waals surface area contributed by atoms with Crippen molar-refractivity contribution in [2.24, 2.45) is 0 Å². The molecule has 5 nitrogen and oxygen atoms in total. The van der Waals surface area contributed by atoms with Gasteiger partial charge < -0.3 is 10.2 Å². The van der Waals surface area contributed by atoms with E-state index in [1.165, 1.54) is 30.3 Å². The lowest BCUT2D eigenvalue weighted by molar-refractivity contribution is 0.0646. The molecule has 0 aliphatic heterocycles. The molecular weight excluding hydrogens is 253 g/mol. The van der Waals surface area contributed by atoms with Crippen LogP contribution in [0, 0.1) is 5.82 Å². The minimum atomic E-state index is -1.43. The van der Waals surface area contributed by atoms with Crippen molar-refractivity contribution in [3.63, 3.8) is 0 Å². The fraction of sp³-hybridized carbons (Fsp3) is 0. The summed E-state index contributed by atoms with van der Waals surface area (Å²) in [5.41, 5.74) is -0.170. The third kappa shape index (κ3) is 2.57. The first-order valence-electron chi connectivity index (χ1n) is 5.22. The van der Waals surface area contributed by atoms with Crippen LogP contribution in [0.2, 0.25) is 0 Å². The van der Waals surface area contributed by atoms with Crippen molar-refractivity contribution in [3.8, 4) is 11.3 Å². The molecule has 1 heterocycles. The molecule has 0 unspecified atom stereocenters. The monoisotopic (exact) mass is 261 g/mol. The van der Waals surface area contributed by atoms with Crippen molar-refractivity contribution >= 4 is 11.9 Å². The number of pyridine rings is 1. The minimum absolute atomic E-state index is 0.266. The Hall–Kier alpha value is -2.76. The fourth-order valence-corrected chi connectivity index (χ4v) is 1.58. The Labute approximate surface area is 107 Å². The lowest BCUT2D eigenvalue weighted by Crippen LogP contribution is -2.11. The number of carboxylic acid groups (broad SMARTS) is 2. The number of benzene rings is 1. The van der Waals surface area contributed by atoms with Gasteiger partial charge in [-0.1, -0.05) is 0 Å². The van der Waals surface area contributed by atoms with Gasteiger partial charge in [-0.3, -0.25) is 0 Å². The summed E-state index contributed by atoms with van der Waals surface area (Å²) in [7, 11) is 0. The van der Waals surface area contributed by atoms with Crippen LogP contribution in [0.1, 0.15) is 20.8 Å². The van der Waals surface area contributed by atoms with Crippen LogP contribution in [-0.2, 0) is 0 Å². The molecule has 2 aromatic rings. The first-order chi connectivity index (χ1) is 8.99. The number of hydrogen-bond donors (Lipinski definition) is 2. The van der Waals surface area contributed by atoms with Crippen molar-refractivity contribution in [1.82, 2.24) is 4.98 Å². The number of aromatic carboxylic acids is 2. The lowest BCUT2D eigenvalue weighted by Gasteiger charge is -2.05. The smallest absolute Gasteiger partial charge is 0.355 e. The molecule has 0 aliphatic carbocycles. The first-order valence-corrected chi connectivity index (χ1v) is 5.22. The van der Waals surface area contributed by atoms with Gasteiger partial charge in [0, 0.05) is 5.56 Å². The SMILES string of the molecule is O=C(O)c1ccc(-c2ccc(F)cc2)nc1C(=O)O. The molecule has 0 fully saturated rings. The molecule has 0 bridgehead atoms. The number of carbonyl (C=O) groups is 2. The van der Waals surface area contributed by atoms with Crippen LogP contribution < -0.4 is 0 Å². The second kappa shape index (κ2) is 4.85. The third-order valence-corrected chi connectivity index (χ3v) is 2.47. The van der Waals surface area contributed by atoms with Gasteiger partial charge in [0.25, 0.3) is 0 Å². The maximum Gasteiger partial charge on any atom is 0.355 e. The molecule has 2 rings (SSSR count). The van der Waals surface area contributed by atoms with Gasteiger partial charge in [-0.2, -0.15) is 0 Å². The van der Waals surface area contributed by atoms with E-state index in [1.54, 1.807) is 0 Å². The van der Waals surface area contributed by atoms with Gasteiger partial charge in [0.2, 0.25) is 0 Å². The Balaban J connectivity index is 2.55. The van der Waals surface area contributed by atoms with E-state index in [0.29, 0.717) is 5.56 Å². The zero-order valence-corrected chi connectivity index (χ0v) is 9.50. The minimum Gasteiger partial charge on any atom is -0.478 e. The molecule has 2 N–H and O–H groups in total. The quantitative estimate of drug-likeness (QED) is 0.884. The van der Waals surface area contributed by atoms with Crippen LogP contribution >= 0.6 is 0 Å². The largest absolute Gasteiger partial charge is 0.478 e. The molecule has 1 aromatic heterocycles. The Morgan fingerprint density at radius 3 is 2.11 bits per heavy atom. The third-order valence-electron chi connectivity index (χ3n) is 2.47. The summed E-state index contributed by atoms with van der Waals surface area (Å²) in [6, 6.07) is 7.83. The van der Waals surface area contributed by atoms with Crippen molar-refractivity contribution in [1.29, 1.82) is 0 Å². The van der Waals surface area contributed by atoms with E-state index >= 15 is 0 Å². The summed E-state index contributed by atoms with van der Waals surface area (Å²) in [5, 5.41) is 17.8. The average Bonchev–Trinajstić information content (AvgIpc) is 2.38. The molecule has 6 heteroatoms.